The van der Waals surface area contributed by atoms with Gasteiger partial charge in [-0.2, -0.15) is 0 Å². The number of carbonyl (C=O) groups excluding carboxylic acids is 2. The second-order valence-electron chi connectivity index (χ2n) is 6.29. The maximum Gasteiger partial charge on any atom is 0.259 e. The van der Waals surface area contributed by atoms with Crippen molar-refractivity contribution in [2.45, 2.75) is 6.04 Å². The molecule has 1 fully saturated rings. The van der Waals surface area contributed by atoms with Gasteiger partial charge in [-0.15, -0.1) is 0 Å². The van der Waals surface area contributed by atoms with E-state index in [4.69, 9.17) is 14.2 Å². The molecule has 0 radical (unpaired) electrons. The Morgan fingerprint density at radius 2 is 1.57 bits per heavy atom. The molecule has 1 heterocycles. The van der Waals surface area contributed by atoms with E-state index in [1.165, 1.54) is 14.2 Å². The maximum atomic E-state index is 13.2. The number of nitrogens with one attached hydrogen (secondary N) is 1. The molecule has 0 spiro atoms. The highest BCUT2D eigenvalue weighted by atomic mass is 16.5. The van der Waals surface area contributed by atoms with Gasteiger partial charge in [-0.1, -0.05) is 36.4 Å². The molecular formula is C21H24N2O5. The van der Waals surface area contributed by atoms with Crippen LogP contribution in [0.5, 0.6) is 11.5 Å². The van der Waals surface area contributed by atoms with Crippen molar-refractivity contribution in [1.82, 2.24) is 10.2 Å². The number of nitrogens with zero attached hydrogens (tertiary/aromatic N) is 1. The van der Waals surface area contributed by atoms with E-state index in [1.807, 2.05) is 30.3 Å². The molecule has 7 heteroatoms. The van der Waals surface area contributed by atoms with E-state index in [0.29, 0.717) is 43.4 Å². The van der Waals surface area contributed by atoms with Crippen LogP contribution in [0.1, 0.15) is 22.0 Å². The Kier molecular flexibility index (Phi) is 6.49. The smallest absolute Gasteiger partial charge is 0.259 e. The Balaban J connectivity index is 1.92. The minimum atomic E-state index is -0.818. The van der Waals surface area contributed by atoms with Crippen molar-refractivity contribution in [2.75, 3.05) is 40.5 Å². The van der Waals surface area contributed by atoms with Gasteiger partial charge in [-0.25, -0.2) is 0 Å². The predicted octanol–water partition coefficient (Wildman–Crippen LogP) is 2.03. The van der Waals surface area contributed by atoms with Gasteiger partial charge < -0.3 is 24.4 Å². The zero-order valence-electron chi connectivity index (χ0n) is 16.0. The quantitative estimate of drug-likeness (QED) is 0.825. The average molecular weight is 384 g/mol. The Bertz CT molecular complexity index is 797. The second kappa shape index (κ2) is 9.23. The molecule has 2 aromatic carbocycles. The Morgan fingerprint density at radius 1 is 0.964 bits per heavy atom. The van der Waals surface area contributed by atoms with Gasteiger partial charge in [-0.3, -0.25) is 9.59 Å². The lowest BCUT2D eigenvalue weighted by Crippen LogP contribution is -2.47. The number of benzene rings is 2. The summed E-state index contributed by atoms with van der Waals surface area (Å²) in [6.07, 6.45) is 0. The lowest BCUT2D eigenvalue weighted by atomic mass is 10.0. The molecule has 148 valence electrons. The van der Waals surface area contributed by atoms with Crippen LogP contribution in [0.2, 0.25) is 0 Å². The van der Waals surface area contributed by atoms with Crippen LogP contribution in [-0.4, -0.2) is 57.2 Å². The van der Waals surface area contributed by atoms with Crippen LogP contribution in [0.15, 0.2) is 48.5 Å². The Hall–Kier alpha value is -3.06. The van der Waals surface area contributed by atoms with E-state index >= 15 is 0 Å². The minimum absolute atomic E-state index is 0.170. The van der Waals surface area contributed by atoms with Crippen LogP contribution >= 0.6 is 0 Å². The SMILES string of the molecule is COc1cccc(OC)c1C(=O)N[C@H](C(=O)N1CCOCC1)c1ccccc1. The van der Waals surface area contributed by atoms with Gasteiger partial charge in [0.2, 0.25) is 5.91 Å². The van der Waals surface area contributed by atoms with Crippen molar-refractivity contribution < 1.29 is 23.8 Å². The first-order valence-corrected chi connectivity index (χ1v) is 9.09. The van der Waals surface area contributed by atoms with Crippen molar-refractivity contribution in [3.63, 3.8) is 0 Å². The number of hydrogen-bond acceptors (Lipinski definition) is 5. The summed E-state index contributed by atoms with van der Waals surface area (Å²) in [6.45, 7) is 1.97. The van der Waals surface area contributed by atoms with Gasteiger partial charge in [0.05, 0.1) is 27.4 Å². The molecule has 0 bridgehead atoms. The third-order valence-electron chi connectivity index (χ3n) is 4.63. The largest absolute Gasteiger partial charge is 0.496 e. The number of rotatable bonds is 6. The summed E-state index contributed by atoms with van der Waals surface area (Å²) in [5.41, 5.74) is 0.962. The summed E-state index contributed by atoms with van der Waals surface area (Å²) in [4.78, 5) is 28.0. The number of carbonyl (C=O) groups is 2. The second-order valence-corrected chi connectivity index (χ2v) is 6.29. The highest BCUT2D eigenvalue weighted by Gasteiger charge is 2.30. The molecule has 2 aromatic rings. The van der Waals surface area contributed by atoms with Crippen LogP contribution < -0.4 is 14.8 Å². The zero-order chi connectivity index (χ0) is 19.9. The zero-order valence-corrected chi connectivity index (χ0v) is 16.0. The highest BCUT2D eigenvalue weighted by Crippen LogP contribution is 2.29. The van der Waals surface area contributed by atoms with Crippen molar-refractivity contribution in [3.05, 3.63) is 59.7 Å². The number of morpholine rings is 1. The molecule has 1 N–H and O–H groups in total. The fraction of sp³-hybridized carbons (Fsp3) is 0.333. The van der Waals surface area contributed by atoms with Crippen LogP contribution in [0, 0.1) is 0 Å². The highest BCUT2D eigenvalue weighted by molar-refractivity contribution is 6.02. The summed E-state index contributed by atoms with van der Waals surface area (Å²) in [7, 11) is 2.97. The van der Waals surface area contributed by atoms with Gasteiger partial charge in [0.1, 0.15) is 23.1 Å². The molecule has 0 aliphatic carbocycles. The normalized spacial score (nSPS) is 14.9. The van der Waals surface area contributed by atoms with E-state index in [-0.39, 0.29) is 11.5 Å². The summed E-state index contributed by atoms with van der Waals surface area (Å²) in [6, 6.07) is 13.5. The van der Waals surface area contributed by atoms with Crippen LogP contribution in [0.25, 0.3) is 0 Å². The minimum Gasteiger partial charge on any atom is -0.496 e. The van der Waals surface area contributed by atoms with E-state index in [2.05, 4.69) is 5.32 Å². The molecule has 0 unspecified atom stereocenters. The van der Waals surface area contributed by atoms with Crippen molar-refractivity contribution >= 4 is 11.8 Å². The van der Waals surface area contributed by atoms with Gasteiger partial charge in [0.25, 0.3) is 5.91 Å². The standard InChI is InChI=1S/C21H24N2O5/c1-26-16-9-6-10-17(27-2)18(16)20(24)22-19(15-7-4-3-5-8-15)21(25)23-11-13-28-14-12-23/h3-10,19H,11-14H2,1-2H3,(H,22,24)/t19-/m0/s1. The van der Waals surface area contributed by atoms with Gasteiger partial charge >= 0.3 is 0 Å². The van der Waals surface area contributed by atoms with Crippen LogP contribution in [0.3, 0.4) is 0 Å². The van der Waals surface area contributed by atoms with Gasteiger partial charge in [0, 0.05) is 13.1 Å². The predicted molar refractivity (Wildman–Crippen MR) is 104 cm³/mol. The van der Waals surface area contributed by atoms with E-state index in [9.17, 15) is 9.59 Å². The molecule has 1 aliphatic heterocycles. The topological polar surface area (TPSA) is 77.1 Å². The van der Waals surface area contributed by atoms with E-state index in [1.54, 1.807) is 23.1 Å². The summed E-state index contributed by atoms with van der Waals surface area (Å²) in [5.74, 6) is 0.145. The first-order valence-electron chi connectivity index (χ1n) is 9.09. The summed E-state index contributed by atoms with van der Waals surface area (Å²) >= 11 is 0. The molecule has 1 aliphatic rings. The lowest BCUT2D eigenvalue weighted by molar-refractivity contribution is -0.137. The molecule has 1 atom stereocenters. The molecule has 1 saturated heterocycles. The molecular weight excluding hydrogens is 360 g/mol. The third-order valence-corrected chi connectivity index (χ3v) is 4.63. The number of amides is 2. The van der Waals surface area contributed by atoms with E-state index < -0.39 is 11.9 Å². The summed E-state index contributed by atoms with van der Waals surface area (Å²) in [5, 5.41) is 2.87. The lowest BCUT2D eigenvalue weighted by Gasteiger charge is -2.31. The molecule has 0 aromatic heterocycles. The monoisotopic (exact) mass is 384 g/mol. The maximum absolute atomic E-state index is 13.2. The van der Waals surface area contributed by atoms with Crippen molar-refractivity contribution in [1.29, 1.82) is 0 Å². The molecule has 2 amide bonds. The Labute approximate surface area is 164 Å². The first-order chi connectivity index (χ1) is 13.7. The fourth-order valence-electron chi connectivity index (χ4n) is 3.18. The number of ether oxygens (including phenoxy) is 3. The molecule has 28 heavy (non-hydrogen) atoms. The van der Waals surface area contributed by atoms with Crippen molar-refractivity contribution in [2.24, 2.45) is 0 Å². The molecule has 7 nitrogen and oxygen atoms in total. The Morgan fingerprint density at radius 3 is 2.14 bits per heavy atom. The fourth-order valence-corrected chi connectivity index (χ4v) is 3.18. The van der Waals surface area contributed by atoms with Gasteiger partial charge in [0.15, 0.2) is 0 Å². The number of methoxy groups -OCH3 is 2. The van der Waals surface area contributed by atoms with Gasteiger partial charge in [-0.05, 0) is 17.7 Å². The third kappa shape index (κ3) is 4.26. The molecule has 3 rings (SSSR count). The first kappa shape index (κ1) is 19.7. The number of hydrogen-bond donors (Lipinski definition) is 1. The molecule has 0 saturated carbocycles. The van der Waals surface area contributed by atoms with E-state index in [0.717, 1.165) is 0 Å². The average Bonchev–Trinajstić information content (AvgIpc) is 2.77. The van der Waals surface area contributed by atoms with Crippen molar-refractivity contribution in [3.8, 4) is 11.5 Å². The van der Waals surface area contributed by atoms with Crippen LogP contribution in [0.4, 0.5) is 0 Å². The van der Waals surface area contributed by atoms with Crippen LogP contribution in [-0.2, 0) is 9.53 Å². The summed E-state index contributed by atoms with van der Waals surface area (Å²) < 4.78 is 16.0.